The lowest BCUT2D eigenvalue weighted by molar-refractivity contribution is 0.199. The van der Waals surface area contributed by atoms with E-state index < -0.39 is 6.10 Å². The maximum Gasteiger partial charge on any atom is 0.146 e. The summed E-state index contributed by atoms with van der Waals surface area (Å²) in [5, 5.41) is 9.79. The molecule has 100 valence electrons. The second-order valence-electron chi connectivity index (χ2n) is 5.22. The first-order valence-corrected chi connectivity index (χ1v) is 6.85. The zero-order valence-electron chi connectivity index (χ0n) is 11.2. The van der Waals surface area contributed by atoms with E-state index in [0.29, 0.717) is 17.2 Å². The van der Waals surface area contributed by atoms with Crippen LogP contribution in [0.25, 0.3) is 0 Å². The fraction of sp³-hybridized carbons (Fsp3) is 0.600. The summed E-state index contributed by atoms with van der Waals surface area (Å²) in [7, 11) is 0. The van der Waals surface area contributed by atoms with Gasteiger partial charge in [-0.05, 0) is 31.7 Å². The summed E-state index contributed by atoms with van der Waals surface area (Å²) in [6.45, 7) is 5.67. The molecule has 1 saturated heterocycles. The fourth-order valence-corrected chi connectivity index (χ4v) is 2.80. The van der Waals surface area contributed by atoms with Gasteiger partial charge >= 0.3 is 0 Å². The minimum atomic E-state index is -0.627. The van der Waals surface area contributed by atoms with Crippen molar-refractivity contribution >= 4 is 5.69 Å². The van der Waals surface area contributed by atoms with E-state index >= 15 is 0 Å². The van der Waals surface area contributed by atoms with Gasteiger partial charge in [0, 0.05) is 18.7 Å². The van der Waals surface area contributed by atoms with Gasteiger partial charge in [0.25, 0.3) is 0 Å². The topological polar surface area (TPSA) is 23.5 Å². The Morgan fingerprint density at radius 3 is 2.94 bits per heavy atom. The highest BCUT2D eigenvalue weighted by Gasteiger charge is 2.24. The van der Waals surface area contributed by atoms with Gasteiger partial charge < -0.3 is 10.0 Å². The highest BCUT2D eigenvalue weighted by Crippen LogP contribution is 2.33. The number of aliphatic hydroxyl groups excluding tert-OH is 1. The summed E-state index contributed by atoms with van der Waals surface area (Å²) in [4.78, 5) is 2.11. The van der Waals surface area contributed by atoms with Crippen molar-refractivity contribution in [3.8, 4) is 0 Å². The molecule has 1 heterocycles. The molecule has 2 atom stereocenters. The SMILES string of the molecule is CCC1CCCN(c2c(F)cccc2[C@H](C)O)C1. The lowest BCUT2D eigenvalue weighted by atomic mass is 9.94. The molecule has 0 spiro atoms. The molecule has 0 radical (unpaired) electrons. The number of rotatable bonds is 3. The van der Waals surface area contributed by atoms with Crippen molar-refractivity contribution in [2.75, 3.05) is 18.0 Å². The number of hydrogen-bond acceptors (Lipinski definition) is 2. The Balaban J connectivity index is 2.31. The van der Waals surface area contributed by atoms with E-state index in [-0.39, 0.29) is 5.82 Å². The van der Waals surface area contributed by atoms with Crippen molar-refractivity contribution in [3.05, 3.63) is 29.6 Å². The van der Waals surface area contributed by atoms with Crippen molar-refractivity contribution < 1.29 is 9.50 Å². The Hall–Kier alpha value is -1.09. The van der Waals surface area contributed by atoms with E-state index in [0.717, 1.165) is 25.9 Å². The lowest BCUT2D eigenvalue weighted by Crippen LogP contribution is -2.36. The standard InChI is InChI=1S/C15H22FNO/c1-3-12-6-5-9-17(10-12)15-13(11(2)18)7-4-8-14(15)16/h4,7-8,11-12,18H,3,5-6,9-10H2,1-2H3/t11-,12?/m0/s1. The van der Waals surface area contributed by atoms with Crippen LogP contribution in [0.5, 0.6) is 0 Å². The number of aliphatic hydroxyl groups is 1. The number of halogens is 1. The first-order valence-electron chi connectivity index (χ1n) is 6.85. The molecule has 1 unspecified atom stereocenters. The molecule has 3 heteroatoms. The van der Waals surface area contributed by atoms with Gasteiger partial charge in [0.15, 0.2) is 0 Å². The number of benzene rings is 1. The van der Waals surface area contributed by atoms with Crippen molar-refractivity contribution in [1.29, 1.82) is 0 Å². The molecular weight excluding hydrogens is 229 g/mol. The zero-order valence-corrected chi connectivity index (χ0v) is 11.2. The minimum absolute atomic E-state index is 0.217. The summed E-state index contributed by atoms with van der Waals surface area (Å²) in [5.41, 5.74) is 1.30. The molecule has 1 fully saturated rings. The van der Waals surface area contributed by atoms with Crippen LogP contribution >= 0.6 is 0 Å². The monoisotopic (exact) mass is 251 g/mol. The van der Waals surface area contributed by atoms with Gasteiger partial charge in [-0.1, -0.05) is 25.5 Å². The molecule has 0 saturated carbocycles. The van der Waals surface area contributed by atoms with Crippen molar-refractivity contribution in [2.45, 2.75) is 39.2 Å². The summed E-state index contributed by atoms with van der Waals surface area (Å²) >= 11 is 0. The minimum Gasteiger partial charge on any atom is -0.389 e. The summed E-state index contributed by atoms with van der Waals surface area (Å²) in [5.74, 6) is 0.422. The van der Waals surface area contributed by atoms with Crippen molar-refractivity contribution in [2.24, 2.45) is 5.92 Å². The van der Waals surface area contributed by atoms with E-state index in [2.05, 4.69) is 11.8 Å². The van der Waals surface area contributed by atoms with Crippen LogP contribution in [0, 0.1) is 11.7 Å². The smallest absolute Gasteiger partial charge is 0.146 e. The van der Waals surface area contributed by atoms with Gasteiger partial charge in [0.1, 0.15) is 5.82 Å². The third kappa shape index (κ3) is 2.66. The first-order chi connectivity index (χ1) is 8.63. The molecule has 1 N–H and O–H groups in total. The zero-order chi connectivity index (χ0) is 13.1. The number of para-hydroxylation sites is 1. The maximum absolute atomic E-state index is 14.1. The molecule has 0 bridgehead atoms. The van der Waals surface area contributed by atoms with E-state index in [1.165, 1.54) is 12.5 Å². The van der Waals surface area contributed by atoms with Gasteiger partial charge in [0.2, 0.25) is 0 Å². The van der Waals surface area contributed by atoms with Crippen LogP contribution in [-0.4, -0.2) is 18.2 Å². The average Bonchev–Trinajstić information content (AvgIpc) is 2.38. The normalized spacial score (nSPS) is 22.0. The molecule has 1 aliphatic rings. The Bertz CT molecular complexity index is 405. The number of piperidine rings is 1. The maximum atomic E-state index is 14.1. The van der Waals surface area contributed by atoms with E-state index in [4.69, 9.17) is 0 Å². The van der Waals surface area contributed by atoms with Gasteiger partial charge in [0.05, 0.1) is 11.8 Å². The van der Waals surface area contributed by atoms with Crippen LogP contribution in [0.2, 0.25) is 0 Å². The Labute approximate surface area is 108 Å². The fourth-order valence-electron chi connectivity index (χ4n) is 2.80. The van der Waals surface area contributed by atoms with E-state index in [1.54, 1.807) is 13.0 Å². The second-order valence-corrected chi connectivity index (χ2v) is 5.22. The Morgan fingerprint density at radius 1 is 1.50 bits per heavy atom. The molecular formula is C15H22FNO. The third-order valence-electron chi connectivity index (χ3n) is 3.88. The molecule has 1 aromatic carbocycles. The summed E-state index contributed by atoms with van der Waals surface area (Å²) in [6.07, 6.45) is 2.84. The molecule has 0 aromatic heterocycles. The molecule has 0 amide bonds. The van der Waals surface area contributed by atoms with Crippen LogP contribution in [0.1, 0.15) is 44.8 Å². The summed E-state index contributed by atoms with van der Waals surface area (Å²) < 4.78 is 14.1. The largest absolute Gasteiger partial charge is 0.389 e. The van der Waals surface area contributed by atoms with E-state index in [1.807, 2.05) is 6.07 Å². The Kier molecular flexibility index (Phi) is 4.23. The Morgan fingerprint density at radius 2 is 2.28 bits per heavy atom. The van der Waals surface area contributed by atoms with Gasteiger partial charge in [-0.15, -0.1) is 0 Å². The predicted molar refractivity (Wildman–Crippen MR) is 72.3 cm³/mol. The van der Waals surface area contributed by atoms with Gasteiger partial charge in [-0.2, -0.15) is 0 Å². The quantitative estimate of drug-likeness (QED) is 0.888. The van der Waals surface area contributed by atoms with Crippen LogP contribution in [0.15, 0.2) is 18.2 Å². The van der Waals surface area contributed by atoms with E-state index in [9.17, 15) is 9.50 Å². The number of anilines is 1. The van der Waals surface area contributed by atoms with Crippen LogP contribution < -0.4 is 4.90 Å². The predicted octanol–water partition coefficient (Wildman–Crippen LogP) is 3.51. The average molecular weight is 251 g/mol. The molecule has 0 aliphatic carbocycles. The van der Waals surface area contributed by atoms with Crippen LogP contribution in [-0.2, 0) is 0 Å². The summed E-state index contributed by atoms with van der Waals surface area (Å²) in [6, 6.07) is 4.97. The highest BCUT2D eigenvalue weighted by molar-refractivity contribution is 5.56. The first kappa shape index (κ1) is 13.3. The van der Waals surface area contributed by atoms with Crippen LogP contribution in [0.4, 0.5) is 10.1 Å². The second kappa shape index (κ2) is 5.70. The molecule has 2 rings (SSSR count). The van der Waals surface area contributed by atoms with Gasteiger partial charge in [-0.25, -0.2) is 4.39 Å². The molecule has 2 nitrogen and oxygen atoms in total. The molecule has 1 aromatic rings. The molecule has 18 heavy (non-hydrogen) atoms. The number of hydrogen-bond donors (Lipinski definition) is 1. The molecule has 1 aliphatic heterocycles. The number of nitrogens with zero attached hydrogens (tertiary/aromatic N) is 1. The lowest BCUT2D eigenvalue weighted by Gasteiger charge is -2.35. The van der Waals surface area contributed by atoms with Crippen LogP contribution in [0.3, 0.4) is 0 Å². The van der Waals surface area contributed by atoms with Crippen molar-refractivity contribution in [3.63, 3.8) is 0 Å². The van der Waals surface area contributed by atoms with Crippen molar-refractivity contribution in [1.82, 2.24) is 0 Å². The van der Waals surface area contributed by atoms with Gasteiger partial charge in [-0.3, -0.25) is 0 Å². The third-order valence-corrected chi connectivity index (χ3v) is 3.88. The highest BCUT2D eigenvalue weighted by atomic mass is 19.1.